The van der Waals surface area contributed by atoms with E-state index in [4.69, 9.17) is 27.9 Å². The van der Waals surface area contributed by atoms with Crippen molar-refractivity contribution in [2.45, 2.75) is 25.5 Å². The van der Waals surface area contributed by atoms with Crippen LogP contribution >= 0.6 is 23.2 Å². The Hall–Kier alpha value is -2.29. The molecule has 0 aliphatic rings. The lowest BCUT2D eigenvalue weighted by Gasteiger charge is -2.17. The van der Waals surface area contributed by atoms with Crippen LogP contribution < -0.4 is 15.4 Å². The summed E-state index contributed by atoms with van der Waals surface area (Å²) in [6.07, 6.45) is -0.0117. The fourth-order valence-corrected chi connectivity index (χ4v) is 4.71. The molecule has 2 aromatic carbocycles. The van der Waals surface area contributed by atoms with Crippen LogP contribution in [0.15, 0.2) is 42.5 Å². The molecule has 2 aromatic rings. The highest BCUT2D eigenvalue weighted by Crippen LogP contribution is 2.26. The first-order chi connectivity index (χ1) is 14.2. The van der Waals surface area contributed by atoms with Gasteiger partial charge in [-0.25, -0.2) is 8.42 Å². The van der Waals surface area contributed by atoms with Gasteiger partial charge in [0.2, 0.25) is 11.8 Å². The largest absolute Gasteiger partial charge is 0.492 e. The van der Waals surface area contributed by atoms with E-state index >= 15 is 0 Å². The first-order valence-electron chi connectivity index (χ1n) is 9.17. The molecular formula is C20H22Cl2N2O5S. The monoisotopic (exact) mass is 472 g/mol. The topological polar surface area (TPSA) is 102 Å². The molecule has 10 heteroatoms. The van der Waals surface area contributed by atoms with Crippen LogP contribution in [0.2, 0.25) is 10.0 Å². The summed E-state index contributed by atoms with van der Waals surface area (Å²) in [5.74, 6) is -1.97. The van der Waals surface area contributed by atoms with Gasteiger partial charge in [0.1, 0.15) is 16.8 Å². The van der Waals surface area contributed by atoms with Crippen molar-refractivity contribution in [3.8, 4) is 5.75 Å². The maximum absolute atomic E-state index is 12.7. The number of anilines is 2. The SMILES string of the molecule is CCOc1ccccc1NC(=O)CS(=O)(=O)C(CC)C(=O)Nc1ccc(Cl)cc1Cl. The van der Waals surface area contributed by atoms with E-state index in [1.54, 1.807) is 38.1 Å². The van der Waals surface area contributed by atoms with Crippen LogP contribution in [-0.4, -0.2) is 37.8 Å². The molecule has 1 unspecified atom stereocenters. The lowest BCUT2D eigenvalue weighted by atomic mass is 10.2. The van der Waals surface area contributed by atoms with Gasteiger partial charge in [0.05, 0.1) is 23.0 Å². The summed E-state index contributed by atoms with van der Waals surface area (Å²) < 4.78 is 30.9. The summed E-state index contributed by atoms with van der Waals surface area (Å²) in [7, 11) is -4.09. The minimum Gasteiger partial charge on any atom is -0.492 e. The molecule has 0 fully saturated rings. The van der Waals surface area contributed by atoms with Gasteiger partial charge in [-0.2, -0.15) is 0 Å². The summed E-state index contributed by atoms with van der Waals surface area (Å²) in [5, 5.41) is 4.14. The zero-order valence-corrected chi connectivity index (χ0v) is 18.8. The van der Waals surface area contributed by atoms with Gasteiger partial charge in [0.25, 0.3) is 0 Å². The standard InChI is InChI=1S/C20H22Cl2N2O5S/c1-3-18(20(26)24-15-10-9-13(21)11-14(15)22)30(27,28)12-19(25)23-16-7-5-6-8-17(16)29-4-2/h5-11,18H,3-4,12H2,1-2H3,(H,23,25)(H,24,26). The molecule has 2 rings (SSSR count). The van der Waals surface area contributed by atoms with Crippen molar-refractivity contribution in [1.29, 1.82) is 0 Å². The number of halogens is 2. The maximum atomic E-state index is 12.7. The first kappa shape index (κ1) is 24.0. The average Bonchev–Trinajstić information content (AvgIpc) is 2.65. The molecule has 162 valence electrons. The van der Waals surface area contributed by atoms with Gasteiger partial charge in [-0.1, -0.05) is 42.3 Å². The summed E-state index contributed by atoms with van der Waals surface area (Å²) in [5.41, 5.74) is 0.583. The van der Waals surface area contributed by atoms with Gasteiger partial charge in [-0.05, 0) is 43.7 Å². The van der Waals surface area contributed by atoms with Crippen molar-refractivity contribution in [2.24, 2.45) is 0 Å². The minimum atomic E-state index is -4.09. The van der Waals surface area contributed by atoms with E-state index in [2.05, 4.69) is 10.6 Å². The second-order valence-corrected chi connectivity index (χ2v) is 9.32. The number of carbonyl (C=O) groups is 2. The third kappa shape index (κ3) is 6.35. The number of hydrogen-bond donors (Lipinski definition) is 2. The Morgan fingerprint density at radius 2 is 1.73 bits per heavy atom. The predicted octanol–water partition coefficient (Wildman–Crippen LogP) is 4.16. The number of amides is 2. The Morgan fingerprint density at radius 1 is 1.03 bits per heavy atom. The van der Waals surface area contributed by atoms with Gasteiger partial charge >= 0.3 is 0 Å². The molecule has 7 nitrogen and oxygen atoms in total. The number of ether oxygens (including phenoxy) is 1. The molecule has 30 heavy (non-hydrogen) atoms. The summed E-state index contributed by atoms with van der Waals surface area (Å²) in [6.45, 7) is 3.73. The van der Waals surface area contributed by atoms with Crippen molar-refractivity contribution < 1.29 is 22.7 Å². The van der Waals surface area contributed by atoms with E-state index in [1.807, 2.05) is 0 Å². The summed E-state index contributed by atoms with van der Waals surface area (Å²) in [6, 6.07) is 11.1. The molecule has 0 saturated heterocycles. The second kappa shape index (κ2) is 10.7. The van der Waals surface area contributed by atoms with Crippen LogP contribution in [0.1, 0.15) is 20.3 Å². The van der Waals surface area contributed by atoms with Crippen molar-refractivity contribution in [2.75, 3.05) is 23.0 Å². The molecule has 2 amide bonds. The van der Waals surface area contributed by atoms with Crippen LogP contribution in [0, 0.1) is 0 Å². The molecule has 0 aromatic heterocycles. The molecule has 0 saturated carbocycles. The number of benzene rings is 2. The quantitative estimate of drug-likeness (QED) is 0.570. The van der Waals surface area contributed by atoms with Crippen LogP contribution in [0.5, 0.6) is 5.75 Å². The Morgan fingerprint density at radius 3 is 2.37 bits per heavy atom. The number of hydrogen-bond acceptors (Lipinski definition) is 5. The molecule has 0 aliphatic carbocycles. The van der Waals surface area contributed by atoms with Gasteiger partial charge < -0.3 is 15.4 Å². The molecule has 0 heterocycles. The van der Waals surface area contributed by atoms with E-state index in [0.717, 1.165) is 0 Å². The summed E-state index contributed by atoms with van der Waals surface area (Å²) >= 11 is 11.9. The van der Waals surface area contributed by atoms with Crippen molar-refractivity contribution >= 4 is 56.2 Å². The lowest BCUT2D eigenvalue weighted by Crippen LogP contribution is -2.39. The summed E-state index contributed by atoms with van der Waals surface area (Å²) in [4.78, 5) is 24.9. The molecule has 0 aliphatic heterocycles. The number of carbonyl (C=O) groups excluding carboxylic acids is 2. The van der Waals surface area contributed by atoms with Gasteiger partial charge in [-0.15, -0.1) is 0 Å². The zero-order chi connectivity index (χ0) is 22.3. The highest BCUT2D eigenvalue weighted by molar-refractivity contribution is 7.93. The van der Waals surface area contributed by atoms with Crippen LogP contribution in [0.3, 0.4) is 0 Å². The predicted molar refractivity (Wildman–Crippen MR) is 119 cm³/mol. The fraction of sp³-hybridized carbons (Fsp3) is 0.300. The van der Waals surface area contributed by atoms with Crippen molar-refractivity contribution in [3.63, 3.8) is 0 Å². The normalized spacial score (nSPS) is 12.1. The Bertz CT molecular complexity index is 1030. The second-order valence-electron chi connectivity index (χ2n) is 6.29. The smallest absolute Gasteiger partial charge is 0.242 e. The number of para-hydroxylation sites is 2. The third-order valence-electron chi connectivity index (χ3n) is 4.08. The number of rotatable bonds is 9. The first-order valence-corrected chi connectivity index (χ1v) is 11.6. The van der Waals surface area contributed by atoms with E-state index in [0.29, 0.717) is 23.1 Å². The fourth-order valence-electron chi connectivity index (χ4n) is 2.73. The van der Waals surface area contributed by atoms with E-state index in [-0.39, 0.29) is 17.1 Å². The van der Waals surface area contributed by atoms with Crippen LogP contribution in [0.4, 0.5) is 11.4 Å². The Kier molecular flexibility index (Phi) is 8.52. The van der Waals surface area contributed by atoms with Gasteiger partial charge in [0.15, 0.2) is 9.84 Å². The van der Waals surface area contributed by atoms with E-state index in [9.17, 15) is 18.0 Å². The number of sulfone groups is 1. The Balaban J connectivity index is 2.11. The minimum absolute atomic E-state index is 0.0117. The van der Waals surface area contributed by atoms with Crippen LogP contribution in [0.25, 0.3) is 0 Å². The number of nitrogens with one attached hydrogen (secondary N) is 2. The van der Waals surface area contributed by atoms with E-state index < -0.39 is 32.7 Å². The molecular weight excluding hydrogens is 451 g/mol. The molecule has 0 spiro atoms. The highest BCUT2D eigenvalue weighted by atomic mass is 35.5. The Labute approximate surface area is 185 Å². The molecule has 2 N–H and O–H groups in total. The molecule has 1 atom stereocenters. The van der Waals surface area contributed by atoms with E-state index in [1.165, 1.54) is 18.2 Å². The average molecular weight is 473 g/mol. The van der Waals surface area contributed by atoms with Gasteiger partial charge in [0, 0.05) is 5.02 Å². The maximum Gasteiger partial charge on any atom is 0.242 e. The molecule has 0 radical (unpaired) electrons. The molecule has 0 bridgehead atoms. The third-order valence-corrected chi connectivity index (χ3v) is 6.71. The van der Waals surface area contributed by atoms with Crippen molar-refractivity contribution in [1.82, 2.24) is 0 Å². The highest BCUT2D eigenvalue weighted by Gasteiger charge is 2.33. The van der Waals surface area contributed by atoms with Crippen molar-refractivity contribution in [3.05, 3.63) is 52.5 Å². The van der Waals surface area contributed by atoms with Gasteiger partial charge in [-0.3, -0.25) is 9.59 Å². The zero-order valence-electron chi connectivity index (χ0n) is 16.4. The van der Waals surface area contributed by atoms with Crippen LogP contribution in [-0.2, 0) is 19.4 Å². The lowest BCUT2D eigenvalue weighted by molar-refractivity contribution is -0.115.